The predicted octanol–water partition coefficient (Wildman–Crippen LogP) is 0.236. The smallest absolute Gasteiger partial charge is 0.251 e. The number of amides is 2. The summed E-state index contributed by atoms with van der Waals surface area (Å²) in [6.07, 6.45) is -0.418. The lowest BCUT2D eigenvalue weighted by atomic mass is 10.1. The zero-order chi connectivity index (χ0) is 14.0. The molecule has 0 radical (unpaired) electrons. The normalized spacial score (nSPS) is 15.0. The molecule has 19 heavy (non-hydrogen) atoms. The number of carbonyl (C=O) groups excluding carboxylic acids is 2. The van der Waals surface area contributed by atoms with E-state index in [0.29, 0.717) is 18.7 Å². The van der Waals surface area contributed by atoms with Gasteiger partial charge in [0.2, 0.25) is 5.91 Å². The fraction of sp³-hybridized carbons (Fsp3) is 0.429. The van der Waals surface area contributed by atoms with E-state index < -0.39 is 6.10 Å². The fourth-order valence-electron chi connectivity index (χ4n) is 2.13. The van der Waals surface area contributed by atoms with Crippen LogP contribution in [0.4, 0.5) is 0 Å². The minimum Gasteiger partial charge on any atom is -0.389 e. The molecule has 102 valence electrons. The van der Waals surface area contributed by atoms with Gasteiger partial charge in [0.05, 0.1) is 12.6 Å². The maximum Gasteiger partial charge on any atom is 0.251 e. The number of aliphatic hydroxyl groups excluding tert-OH is 1. The molecule has 1 heterocycles. The lowest BCUT2D eigenvalue weighted by Gasteiger charge is -2.35. The minimum atomic E-state index is -0.418. The third kappa shape index (κ3) is 3.32. The minimum absolute atomic E-state index is 0.0292. The Kier molecular flexibility index (Phi) is 3.85. The van der Waals surface area contributed by atoms with Crippen molar-refractivity contribution in [3.63, 3.8) is 0 Å². The van der Waals surface area contributed by atoms with Crippen LogP contribution in [0.3, 0.4) is 0 Å². The van der Waals surface area contributed by atoms with E-state index in [9.17, 15) is 9.59 Å². The van der Waals surface area contributed by atoms with Gasteiger partial charge in [-0.05, 0) is 26.0 Å². The van der Waals surface area contributed by atoms with Crippen molar-refractivity contribution >= 4 is 11.8 Å². The first-order chi connectivity index (χ1) is 8.95. The Hall–Kier alpha value is -1.88. The predicted molar refractivity (Wildman–Crippen MR) is 70.8 cm³/mol. The number of nitrogens with one attached hydrogen (secondary N) is 1. The number of hydrogen-bond donors (Lipinski definition) is 2. The van der Waals surface area contributed by atoms with Gasteiger partial charge in [0, 0.05) is 18.7 Å². The molecule has 0 aliphatic carbocycles. The Balaban J connectivity index is 1.89. The van der Waals surface area contributed by atoms with Crippen molar-refractivity contribution in [1.29, 1.82) is 0 Å². The third-order valence-corrected chi connectivity index (χ3v) is 3.10. The van der Waals surface area contributed by atoms with E-state index in [4.69, 9.17) is 5.11 Å². The van der Waals surface area contributed by atoms with Gasteiger partial charge >= 0.3 is 0 Å². The second kappa shape index (κ2) is 5.40. The van der Waals surface area contributed by atoms with E-state index in [0.717, 1.165) is 11.1 Å². The first-order valence-corrected chi connectivity index (χ1v) is 6.28. The summed E-state index contributed by atoms with van der Waals surface area (Å²) in [6.45, 7) is 4.54. The standard InChI is InChI=1S/C14H18N2O3/c1-9-3-10(2)5-11(4-9)14(19)15-6-13(18)16-7-12(17)8-16/h3-5,12,17H,6-8H2,1-2H3,(H,15,19). The SMILES string of the molecule is Cc1cc(C)cc(C(=O)NCC(=O)N2CC(O)C2)c1. The zero-order valence-corrected chi connectivity index (χ0v) is 11.1. The molecule has 2 amide bonds. The molecule has 2 rings (SSSR count). The van der Waals surface area contributed by atoms with Crippen molar-refractivity contribution < 1.29 is 14.7 Å². The van der Waals surface area contributed by atoms with Gasteiger partial charge in [-0.15, -0.1) is 0 Å². The van der Waals surface area contributed by atoms with Crippen molar-refractivity contribution in [1.82, 2.24) is 10.2 Å². The summed E-state index contributed by atoms with van der Waals surface area (Å²) >= 11 is 0. The summed E-state index contributed by atoms with van der Waals surface area (Å²) in [4.78, 5) is 25.1. The highest BCUT2D eigenvalue weighted by Crippen LogP contribution is 2.09. The highest BCUT2D eigenvalue weighted by Gasteiger charge is 2.28. The average molecular weight is 262 g/mol. The van der Waals surface area contributed by atoms with E-state index in [1.807, 2.05) is 19.9 Å². The molecule has 1 fully saturated rings. The Bertz CT molecular complexity index is 487. The van der Waals surface area contributed by atoms with Crippen molar-refractivity contribution in [3.05, 3.63) is 34.9 Å². The van der Waals surface area contributed by atoms with Crippen LogP contribution in [0.25, 0.3) is 0 Å². The number of rotatable bonds is 3. The second-order valence-electron chi connectivity index (χ2n) is 5.01. The molecule has 1 aliphatic rings. The summed E-state index contributed by atoms with van der Waals surface area (Å²) in [5, 5.41) is 11.7. The number of β-amino-alcohol motifs (C(OH)–C–C–N with tert-alkyl or cyclic N) is 1. The van der Waals surface area contributed by atoms with E-state index in [2.05, 4.69) is 5.32 Å². The van der Waals surface area contributed by atoms with Gasteiger partial charge in [0.15, 0.2) is 0 Å². The topological polar surface area (TPSA) is 69.6 Å². The van der Waals surface area contributed by atoms with E-state index in [1.54, 1.807) is 12.1 Å². The van der Waals surface area contributed by atoms with Gasteiger partial charge in [-0.1, -0.05) is 17.2 Å². The Morgan fingerprint density at radius 1 is 1.26 bits per heavy atom. The lowest BCUT2D eigenvalue weighted by Crippen LogP contribution is -2.55. The second-order valence-corrected chi connectivity index (χ2v) is 5.01. The monoisotopic (exact) mass is 262 g/mol. The van der Waals surface area contributed by atoms with Gasteiger partial charge < -0.3 is 15.3 Å². The molecule has 0 bridgehead atoms. The van der Waals surface area contributed by atoms with Gasteiger partial charge in [-0.25, -0.2) is 0 Å². The maximum atomic E-state index is 11.9. The van der Waals surface area contributed by atoms with Crippen LogP contribution in [0.5, 0.6) is 0 Å². The molecule has 1 saturated heterocycles. The van der Waals surface area contributed by atoms with Crippen LogP contribution in [-0.2, 0) is 4.79 Å². The average Bonchev–Trinajstić information content (AvgIpc) is 2.30. The quantitative estimate of drug-likeness (QED) is 0.819. The van der Waals surface area contributed by atoms with Crippen LogP contribution in [0.2, 0.25) is 0 Å². The largest absolute Gasteiger partial charge is 0.389 e. The van der Waals surface area contributed by atoms with Gasteiger partial charge in [0.1, 0.15) is 0 Å². The van der Waals surface area contributed by atoms with Crippen LogP contribution in [0, 0.1) is 13.8 Å². The number of carbonyl (C=O) groups is 2. The summed E-state index contributed by atoms with van der Waals surface area (Å²) in [7, 11) is 0. The number of hydrogen-bond acceptors (Lipinski definition) is 3. The molecular formula is C14H18N2O3. The molecule has 0 saturated carbocycles. The molecule has 5 nitrogen and oxygen atoms in total. The van der Waals surface area contributed by atoms with Crippen molar-refractivity contribution in [3.8, 4) is 0 Å². The molecule has 0 aromatic heterocycles. The molecular weight excluding hydrogens is 244 g/mol. The number of likely N-dealkylation sites (tertiary alicyclic amines) is 1. The summed E-state index contributed by atoms with van der Waals surface area (Å²) < 4.78 is 0. The van der Waals surface area contributed by atoms with Crippen LogP contribution >= 0.6 is 0 Å². The highest BCUT2D eigenvalue weighted by atomic mass is 16.3. The van der Waals surface area contributed by atoms with Crippen LogP contribution in [-0.4, -0.2) is 47.6 Å². The van der Waals surface area contributed by atoms with Crippen LogP contribution in [0.15, 0.2) is 18.2 Å². The fourth-order valence-corrected chi connectivity index (χ4v) is 2.13. The van der Waals surface area contributed by atoms with Crippen molar-refractivity contribution in [2.45, 2.75) is 20.0 Å². The molecule has 1 aromatic rings. The molecule has 2 N–H and O–H groups in total. The third-order valence-electron chi connectivity index (χ3n) is 3.10. The molecule has 1 aliphatic heterocycles. The van der Waals surface area contributed by atoms with Crippen LogP contribution < -0.4 is 5.32 Å². The van der Waals surface area contributed by atoms with Crippen LogP contribution in [0.1, 0.15) is 21.5 Å². The summed E-state index contributed by atoms with van der Waals surface area (Å²) in [6, 6.07) is 5.57. The molecule has 5 heteroatoms. The number of benzene rings is 1. The summed E-state index contributed by atoms with van der Waals surface area (Å²) in [5.74, 6) is -0.413. The lowest BCUT2D eigenvalue weighted by molar-refractivity contribution is -0.140. The molecule has 1 aromatic carbocycles. The Labute approximate surface area is 112 Å². The van der Waals surface area contributed by atoms with E-state index in [-0.39, 0.29) is 18.4 Å². The maximum absolute atomic E-state index is 11.9. The van der Waals surface area contributed by atoms with E-state index in [1.165, 1.54) is 4.90 Å². The Morgan fingerprint density at radius 3 is 2.37 bits per heavy atom. The van der Waals surface area contributed by atoms with Crippen molar-refractivity contribution in [2.75, 3.05) is 19.6 Å². The van der Waals surface area contributed by atoms with Gasteiger partial charge in [-0.3, -0.25) is 9.59 Å². The molecule has 0 atom stereocenters. The number of aliphatic hydroxyl groups is 1. The first kappa shape index (κ1) is 13.5. The zero-order valence-electron chi connectivity index (χ0n) is 11.1. The summed E-state index contributed by atoms with van der Waals surface area (Å²) in [5.41, 5.74) is 2.60. The van der Waals surface area contributed by atoms with Gasteiger partial charge in [-0.2, -0.15) is 0 Å². The Morgan fingerprint density at radius 2 is 1.84 bits per heavy atom. The number of aryl methyl sites for hydroxylation is 2. The van der Waals surface area contributed by atoms with Crippen molar-refractivity contribution in [2.24, 2.45) is 0 Å². The van der Waals surface area contributed by atoms with E-state index >= 15 is 0 Å². The highest BCUT2D eigenvalue weighted by molar-refractivity contribution is 5.96. The van der Waals surface area contributed by atoms with Gasteiger partial charge in [0.25, 0.3) is 5.91 Å². The molecule has 0 unspecified atom stereocenters. The number of nitrogens with zero attached hydrogens (tertiary/aromatic N) is 1. The molecule has 0 spiro atoms. The first-order valence-electron chi connectivity index (χ1n) is 6.28.